The second-order valence-electron chi connectivity index (χ2n) is 5.63. The van der Waals surface area contributed by atoms with Crippen molar-refractivity contribution < 1.29 is 0 Å². The van der Waals surface area contributed by atoms with Crippen LogP contribution in [0.1, 0.15) is 38.8 Å². The summed E-state index contributed by atoms with van der Waals surface area (Å²) in [5, 5.41) is 0. The third kappa shape index (κ3) is 5.52. The molecule has 0 N–H and O–H groups in total. The lowest BCUT2D eigenvalue weighted by Crippen LogP contribution is -1.82. The van der Waals surface area contributed by atoms with Crippen molar-refractivity contribution in [1.29, 1.82) is 0 Å². The number of rotatable bonds is 6. The highest BCUT2D eigenvalue weighted by molar-refractivity contribution is 9.12. The van der Waals surface area contributed by atoms with E-state index >= 15 is 0 Å². The maximum atomic E-state index is 2.18. The van der Waals surface area contributed by atoms with Crippen LogP contribution in [0.15, 0.2) is 71.8 Å². The fourth-order valence-corrected chi connectivity index (χ4v) is 6.69. The van der Waals surface area contributed by atoms with Gasteiger partial charge in [0.15, 0.2) is 0 Å². The van der Waals surface area contributed by atoms with Gasteiger partial charge in [-0.2, -0.15) is 0 Å². The van der Waals surface area contributed by atoms with E-state index in [1.54, 1.807) is 0 Å². The molecule has 0 saturated carbocycles. The summed E-state index contributed by atoms with van der Waals surface area (Å²) in [6.45, 7) is 8.72. The normalized spacial score (nSPS) is 10.3. The molecule has 0 nitrogen and oxygen atoms in total. The molecule has 0 heterocycles. The molecule has 3 heteroatoms. The van der Waals surface area contributed by atoms with Crippen LogP contribution in [-0.2, 0) is 0 Å². The van der Waals surface area contributed by atoms with E-state index in [-0.39, 0.29) is 0 Å². The standard InChI is InChI=1S/C20H22S3/c1-15(2)19(17-11-7-5-8-12-17)21-23-22-20(16(3)4)18-13-9-6-10-14-18/h5-14H,1-4H3. The Morgan fingerprint density at radius 2 is 0.913 bits per heavy atom. The SMILES string of the molecule is CC(C)=C(SSSC(=C(C)C)c1ccccc1)c1ccccc1. The van der Waals surface area contributed by atoms with Crippen molar-refractivity contribution in [3.8, 4) is 0 Å². The van der Waals surface area contributed by atoms with Gasteiger partial charge in [0.1, 0.15) is 0 Å². The maximum Gasteiger partial charge on any atom is 0.0250 e. The molecule has 0 aliphatic heterocycles. The predicted octanol–water partition coefficient (Wildman–Crippen LogP) is 7.92. The lowest BCUT2D eigenvalue weighted by molar-refractivity contribution is 1.41. The molecule has 0 aromatic heterocycles. The van der Waals surface area contributed by atoms with E-state index in [9.17, 15) is 0 Å². The zero-order valence-electron chi connectivity index (χ0n) is 14.0. The summed E-state index contributed by atoms with van der Waals surface area (Å²) in [6, 6.07) is 21.2. The number of allylic oxidation sites excluding steroid dienone is 2. The van der Waals surface area contributed by atoms with Crippen molar-refractivity contribution in [1.82, 2.24) is 0 Å². The van der Waals surface area contributed by atoms with Crippen LogP contribution in [0.4, 0.5) is 0 Å². The summed E-state index contributed by atoms with van der Waals surface area (Å²) >= 11 is 0. The molecular formula is C20H22S3. The molecule has 0 spiro atoms. The van der Waals surface area contributed by atoms with E-state index < -0.39 is 0 Å². The van der Waals surface area contributed by atoms with Crippen molar-refractivity contribution in [2.75, 3.05) is 0 Å². The van der Waals surface area contributed by atoms with Crippen LogP contribution in [-0.4, -0.2) is 0 Å². The van der Waals surface area contributed by atoms with Gasteiger partial charge in [0.2, 0.25) is 0 Å². The quantitative estimate of drug-likeness (QED) is 0.481. The van der Waals surface area contributed by atoms with Crippen molar-refractivity contribution in [3.05, 3.63) is 82.9 Å². The molecule has 120 valence electrons. The largest absolute Gasteiger partial charge is 0.0622 e. The summed E-state index contributed by atoms with van der Waals surface area (Å²) in [4.78, 5) is 2.70. The van der Waals surface area contributed by atoms with Crippen LogP contribution in [0.25, 0.3) is 9.81 Å². The van der Waals surface area contributed by atoms with E-state index in [2.05, 4.69) is 88.4 Å². The average molecular weight is 359 g/mol. The Morgan fingerprint density at radius 3 is 1.22 bits per heavy atom. The lowest BCUT2D eigenvalue weighted by Gasteiger charge is -2.12. The Bertz CT molecular complexity index is 616. The number of benzene rings is 2. The first-order valence-corrected chi connectivity index (χ1v) is 11.0. The minimum atomic E-state index is 1.30. The van der Waals surface area contributed by atoms with Crippen LogP contribution >= 0.6 is 31.4 Å². The minimum absolute atomic E-state index is 1.30. The van der Waals surface area contributed by atoms with E-state index in [1.165, 1.54) is 32.1 Å². The van der Waals surface area contributed by atoms with Gasteiger partial charge in [0, 0.05) is 9.81 Å². The Balaban J connectivity index is 2.08. The van der Waals surface area contributed by atoms with Crippen molar-refractivity contribution in [2.45, 2.75) is 27.7 Å². The van der Waals surface area contributed by atoms with Gasteiger partial charge in [-0.05, 0) is 70.2 Å². The van der Waals surface area contributed by atoms with Gasteiger partial charge in [-0.3, -0.25) is 0 Å². The zero-order valence-corrected chi connectivity index (χ0v) is 16.4. The highest BCUT2D eigenvalue weighted by atomic mass is 33.5. The molecule has 0 radical (unpaired) electrons. The van der Waals surface area contributed by atoms with Gasteiger partial charge in [-0.15, -0.1) is 0 Å². The summed E-state index contributed by atoms with van der Waals surface area (Å²) < 4.78 is 0. The first kappa shape index (κ1) is 18.3. The molecule has 0 fully saturated rings. The summed E-state index contributed by atoms with van der Waals surface area (Å²) in [7, 11) is 5.53. The van der Waals surface area contributed by atoms with Gasteiger partial charge < -0.3 is 0 Å². The molecule has 0 saturated heterocycles. The Labute approximate surface area is 151 Å². The monoisotopic (exact) mass is 358 g/mol. The number of hydrogen-bond acceptors (Lipinski definition) is 3. The van der Waals surface area contributed by atoms with E-state index in [0.29, 0.717) is 0 Å². The second-order valence-corrected chi connectivity index (χ2v) is 9.54. The molecule has 2 rings (SSSR count). The molecule has 2 aromatic rings. The second kappa shape index (κ2) is 9.31. The van der Waals surface area contributed by atoms with Crippen LogP contribution in [0.2, 0.25) is 0 Å². The summed E-state index contributed by atoms with van der Waals surface area (Å²) in [5.41, 5.74) is 5.30. The third-order valence-corrected chi connectivity index (χ3v) is 7.61. The van der Waals surface area contributed by atoms with Crippen LogP contribution in [0.3, 0.4) is 0 Å². The third-order valence-electron chi connectivity index (χ3n) is 3.21. The molecule has 23 heavy (non-hydrogen) atoms. The van der Waals surface area contributed by atoms with Crippen LogP contribution < -0.4 is 0 Å². The topological polar surface area (TPSA) is 0 Å². The minimum Gasteiger partial charge on any atom is -0.0622 e. The fraction of sp³-hybridized carbons (Fsp3) is 0.200. The Morgan fingerprint density at radius 1 is 0.565 bits per heavy atom. The molecule has 0 bridgehead atoms. The summed E-state index contributed by atoms with van der Waals surface area (Å²) in [5.74, 6) is 0. The molecule has 2 aromatic carbocycles. The van der Waals surface area contributed by atoms with Gasteiger partial charge in [0.05, 0.1) is 0 Å². The molecule has 0 atom stereocenters. The van der Waals surface area contributed by atoms with Gasteiger partial charge in [0.25, 0.3) is 0 Å². The Kier molecular flexibility index (Phi) is 7.41. The van der Waals surface area contributed by atoms with E-state index in [1.807, 2.05) is 31.4 Å². The van der Waals surface area contributed by atoms with Crippen molar-refractivity contribution in [3.63, 3.8) is 0 Å². The lowest BCUT2D eigenvalue weighted by atomic mass is 10.1. The first-order valence-electron chi connectivity index (χ1n) is 7.56. The van der Waals surface area contributed by atoms with Crippen molar-refractivity contribution >= 4 is 41.2 Å². The molecule has 0 aliphatic rings. The van der Waals surface area contributed by atoms with Crippen LogP contribution in [0, 0.1) is 0 Å². The first-order chi connectivity index (χ1) is 11.1. The maximum absolute atomic E-state index is 2.18. The highest BCUT2D eigenvalue weighted by Crippen LogP contribution is 2.51. The summed E-state index contributed by atoms with van der Waals surface area (Å²) in [6.07, 6.45) is 0. The fourth-order valence-electron chi connectivity index (χ4n) is 2.10. The van der Waals surface area contributed by atoms with E-state index in [0.717, 1.165) is 0 Å². The van der Waals surface area contributed by atoms with Crippen molar-refractivity contribution in [2.24, 2.45) is 0 Å². The molecule has 0 amide bonds. The van der Waals surface area contributed by atoms with Gasteiger partial charge >= 0.3 is 0 Å². The van der Waals surface area contributed by atoms with Gasteiger partial charge in [-0.25, -0.2) is 0 Å². The average Bonchev–Trinajstić information content (AvgIpc) is 2.56. The Hall–Kier alpha value is -1.03. The molecular weight excluding hydrogens is 336 g/mol. The van der Waals surface area contributed by atoms with E-state index in [4.69, 9.17) is 0 Å². The predicted molar refractivity (Wildman–Crippen MR) is 112 cm³/mol. The van der Waals surface area contributed by atoms with Crippen LogP contribution in [0.5, 0.6) is 0 Å². The van der Waals surface area contributed by atoms with Gasteiger partial charge in [-0.1, -0.05) is 71.8 Å². The number of hydrogen-bond donors (Lipinski definition) is 0. The highest BCUT2D eigenvalue weighted by Gasteiger charge is 2.09. The molecule has 0 unspecified atom stereocenters. The zero-order chi connectivity index (χ0) is 16.7. The molecule has 0 aliphatic carbocycles. The smallest absolute Gasteiger partial charge is 0.0250 e.